The molecule has 1 N–H and O–H groups in total. The Morgan fingerprint density at radius 3 is 2.53 bits per heavy atom. The van der Waals surface area contributed by atoms with E-state index in [0.29, 0.717) is 19.6 Å². The van der Waals surface area contributed by atoms with E-state index in [1.54, 1.807) is 12.1 Å². The van der Waals surface area contributed by atoms with Crippen LogP contribution in [0, 0.1) is 6.92 Å². The Morgan fingerprint density at radius 2 is 1.80 bits per heavy atom. The number of carbonyl (C=O) groups excluding carboxylic acids is 1. The van der Waals surface area contributed by atoms with Crippen molar-refractivity contribution in [2.75, 3.05) is 32.8 Å². The number of phenols is 1. The number of nitrogens with zero attached hydrogens (tertiary/aromatic N) is 2. The molecule has 0 aliphatic carbocycles. The van der Waals surface area contributed by atoms with Crippen molar-refractivity contribution in [1.82, 2.24) is 9.80 Å². The maximum absolute atomic E-state index is 11.9. The lowest BCUT2D eigenvalue weighted by atomic mass is 9.99. The summed E-state index contributed by atoms with van der Waals surface area (Å²) in [6.07, 6.45) is 4.95. The lowest BCUT2D eigenvalue weighted by Gasteiger charge is -2.18. The zero-order chi connectivity index (χ0) is 20.9. The quantitative estimate of drug-likeness (QED) is 0.720. The van der Waals surface area contributed by atoms with Gasteiger partial charge in [0.2, 0.25) is 5.91 Å². The van der Waals surface area contributed by atoms with Crippen molar-refractivity contribution >= 4 is 5.91 Å². The number of hydrogen-bond donors (Lipinski definition) is 1. The van der Waals surface area contributed by atoms with E-state index in [2.05, 4.69) is 30.0 Å². The van der Waals surface area contributed by atoms with Crippen LogP contribution >= 0.6 is 0 Å². The first-order chi connectivity index (χ1) is 14.6. The van der Waals surface area contributed by atoms with Gasteiger partial charge in [-0.25, -0.2) is 0 Å². The van der Waals surface area contributed by atoms with E-state index in [0.717, 1.165) is 50.3 Å². The first-order valence-electron chi connectivity index (χ1n) is 11.1. The lowest BCUT2D eigenvalue weighted by molar-refractivity contribution is -0.128. The Balaban J connectivity index is 1.41. The zero-order valence-corrected chi connectivity index (χ0v) is 17.9. The van der Waals surface area contributed by atoms with Gasteiger partial charge in [-0.2, -0.15) is 0 Å². The van der Waals surface area contributed by atoms with Crippen LogP contribution < -0.4 is 4.74 Å². The Kier molecular flexibility index (Phi) is 6.58. The zero-order valence-electron chi connectivity index (χ0n) is 17.9. The summed E-state index contributed by atoms with van der Waals surface area (Å²) >= 11 is 0. The predicted octanol–water partition coefficient (Wildman–Crippen LogP) is 3.89. The van der Waals surface area contributed by atoms with E-state index in [4.69, 9.17) is 4.74 Å². The lowest BCUT2D eigenvalue weighted by Crippen LogP contribution is -2.25. The minimum absolute atomic E-state index is 0.233. The molecule has 0 bridgehead atoms. The number of phenolic OH excluding ortho intramolecular Hbond substituents is 1. The molecule has 160 valence electrons. The summed E-state index contributed by atoms with van der Waals surface area (Å²) in [6, 6.07) is 11.9. The normalized spacial score (nSPS) is 17.1. The van der Waals surface area contributed by atoms with E-state index in [1.165, 1.54) is 29.5 Å². The third-order valence-corrected chi connectivity index (χ3v) is 6.25. The van der Waals surface area contributed by atoms with E-state index in [9.17, 15) is 9.90 Å². The molecule has 0 radical (unpaired) electrons. The Hall–Kier alpha value is -2.53. The van der Waals surface area contributed by atoms with Gasteiger partial charge in [0.25, 0.3) is 0 Å². The fourth-order valence-corrected chi connectivity index (χ4v) is 4.46. The Labute approximate surface area is 179 Å². The van der Waals surface area contributed by atoms with Crippen LogP contribution in [0.4, 0.5) is 0 Å². The summed E-state index contributed by atoms with van der Waals surface area (Å²) < 4.78 is 6.06. The molecule has 0 saturated carbocycles. The van der Waals surface area contributed by atoms with Crippen LogP contribution in [0.15, 0.2) is 36.4 Å². The van der Waals surface area contributed by atoms with Crippen molar-refractivity contribution in [3.63, 3.8) is 0 Å². The van der Waals surface area contributed by atoms with Gasteiger partial charge in [0.15, 0.2) is 0 Å². The molecule has 0 spiro atoms. The molecule has 0 aromatic heterocycles. The van der Waals surface area contributed by atoms with Crippen molar-refractivity contribution in [3.8, 4) is 11.5 Å². The molecule has 2 aliphatic heterocycles. The van der Waals surface area contributed by atoms with Crippen molar-refractivity contribution in [2.24, 2.45) is 0 Å². The maximum Gasteiger partial charge on any atom is 0.222 e. The predicted molar refractivity (Wildman–Crippen MR) is 118 cm³/mol. The summed E-state index contributed by atoms with van der Waals surface area (Å²) in [5, 5.41) is 9.93. The monoisotopic (exact) mass is 408 g/mol. The number of likely N-dealkylation sites (tertiary alicyclic amines) is 2. The Morgan fingerprint density at radius 1 is 1.00 bits per heavy atom. The second-order valence-corrected chi connectivity index (χ2v) is 8.55. The van der Waals surface area contributed by atoms with Gasteiger partial charge in [-0.1, -0.05) is 24.3 Å². The number of ether oxygens (including phenoxy) is 1. The van der Waals surface area contributed by atoms with Crippen LogP contribution in [-0.2, 0) is 17.8 Å². The minimum Gasteiger partial charge on any atom is -0.508 e. The number of benzene rings is 2. The first-order valence-corrected chi connectivity index (χ1v) is 11.1. The van der Waals surface area contributed by atoms with Crippen LogP contribution in [0.2, 0.25) is 0 Å². The van der Waals surface area contributed by atoms with E-state index >= 15 is 0 Å². The summed E-state index contributed by atoms with van der Waals surface area (Å²) in [6.45, 7) is 7.57. The van der Waals surface area contributed by atoms with Crippen LogP contribution in [0.1, 0.15) is 47.9 Å². The number of amides is 1. The molecular weight excluding hydrogens is 376 g/mol. The molecule has 2 aliphatic rings. The molecule has 2 fully saturated rings. The third-order valence-electron chi connectivity index (χ3n) is 6.25. The molecule has 5 heteroatoms. The molecule has 1 amide bonds. The van der Waals surface area contributed by atoms with Gasteiger partial charge in [0, 0.05) is 38.5 Å². The number of rotatable bonds is 8. The third kappa shape index (κ3) is 5.14. The molecule has 2 heterocycles. The van der Waals surface area contributed by atoms with E-state index in [1.807, 2.05) is 11.0 Å². The standard InChI is InChI=1S/C25H32N2O3/c1-19-15-20(6-7-22(19)18-27-12-4-5-25(27)29)16-21-8-9-23(28)17-24(21)30-14-13-26-10-2-3-11-26/h6-9,15,17,28H,2-5,10-14,16,18H2,1H3. The SMILES string of the molecule is Cc1cc(Cc2ccc(O)cc2OCCN2CCCC2)ccc1CN1CCCC1=O. The molecule has 2 aromatic rings. The van der Waals surface area contributed by atoms with Gasteiger partial charge in [0.1, 0.15) is 18.1 Å². The largest absolute Gasteiger partial charge is 0.508 e. The number of hydrogen-bond acceptors (Lipinski definition) is 4. The van der Waals surface area contributed by atoms with E-state index < -0.39 is 0 Å². The molecule has 4 rings (SSSR count). The van der Waals surface area contributed by atoms with Crippen molar-refractivity contribution in [2.45, 2.75) is 45.6 Å². The van der Waals surface area contributed by atoms with Gasteiger partial charge in [-0.3, -0.25) is 9.69 Å². The van der Waals surface area contributed by atoms with Gasteiger partial charge >= 0.3 is 0 Å². The summed E-state index contributed by atoms with van der Waals surface area (Å²) in [4.78, 5) is 16.3. The average Bonchev–Trinajstić information content (AvgIpc) is 3.38. The summed E-state index contributed by atoms with van der Waals surface area (Å²) in [5.41, 5.74) is 4.71. The van der Waals surface area contributed by atoms with Gasteiger partial charge in [-0.05, 0) is 67.6 Å². The van der Waals surface area contributed by atoms with Crippen LogP contribution in [0.25, 0.3) is 0 Å². The van der Waals surface area contributed by atoms with Crippen molar-refractivity contribution < 1.29 is 14.6 Å². The smallest absolute Gasteiger partial charge is 0.222 e. The topological polar surface area (TPSA) is 53.0 Å². The average molecular weight is 409 g/mol. The highest BCUT2D eigenvalue weighted by Crippen LogP contribution is 2.27. The van der Waals surface area contributed by atoms with E-state index in [-0.39, 0.29) is 11.7 Å². The second-order valence-electron chi connectivity index (χ2n) is 8.55. The number of carbonyl (C=O) groups is 1. The number of aromatic hydroxyl groups is 1. The molecule has 2 aromatic carbocycles. The number of aryl methyl sites for hydroxylation is 1. The molecule has 2 saturated heterocycles. The molecule has 0 atom stereocenters. The molecule has 0 unspecified atom stereocenters. The molecular formula is C25H32N2O3. The Bertz CT molecular complexity index is 890. The summed E-state index contributed by atoms with van der Waals surface area (Å²) in [7, 11) is 0. The summed E-state index contributed by atoms with van der Waals surface area (Å²) in [5.74, 6) is 1.26. The van der Waals surface area contributed by atoms with Crippen molar-refractivity contribution in [3.05, 3.63) is 58.7 Å². The highest BCUT2D eigenvalue weighted by molar-refractivity contribution is 5.78. The molecule has 30 heavy (non-hydrogen) atoms. The van der Waals surface area contributed by atoms with Gasteiger partial charge in [-0.15, -0.1) is 0 Å². The fourth-order valence-electron chi connectivity index (χ4n) is 4.46. The van der Waals surface area contributed by atoms with Crippen LogP contribution in [-0.4, -0.2) is 53.6 Å². The minimum atomic E-state index is 0.233. The first kappa shape index (κ1) is 20.7. The van der Waals surface area contributed by atoms with Gasteiger partial charge < -0.3 is 14.7 Å². The highest BCUT2D eigenvalue weighted by atomic mass is 16.5. The maximum atomic E-state index is 11.9. The van der Waals surface area contributed by atoms with Gasteiger partial charge in [0.05, 0.1) is 0 Å². The van der Waals surface area contributed by atoms with Crippen LogP contribution in [0.5, 0.6) is 11.5 Å². The van der Waals surface area contributed by atoms with Crippen LogP contribution in [0.3, 0.4) is 0 Å². The highest BCUT2D eigenvalue weighted by Gasteiger charge is 2.20. The van der Waals surface area contributed by atoms with Crippen molar-refractivity contribution in [1.29, 1.82) is 0 Å². The fraction of sp³-hybridized carbons (Fsp3) is 0.480. The molecule has 5 nitrogen and oxygen atoms in total. The second kappa shape index (κ2) is 9.52.